The van der Waals surface area contributed by atoms with Crippen LogP contribution in [0.3, 0.4) is 0 Å². The summed E-state index contributed by atoms with van der Waals surface area (Å²) in [6.45, 7) is 1.33. The smallest absolute Gasteiger partial charge is 0.416 e. The van der Waals surface area contributed by atoms with Crippen LogP contribution in [0, 0.1) is 13.8 Å². The third-order valence-corrected chi connectivity index (χ3v) is 7.28. The van der Waals surface area contributed by atoms with E-state index in [1.807, 2.05) is 0 Å². The Morgan fingerprint density at radius 2 is 1.56 bits per heavy atom. The number of fused-ring (bicyclic) bond motifs is 1. The van der Waals surface area contributed by atoms with E-state index in [4.69, 9.17) is 0 Å². The second-order valence-corrected chi connectivity index (χ2v) is 10.4. The summed E-state index contributed by atoms with van der Waals surface area (Å²) in [4.78, 5) is 28.3. The van der Waals surface area contributed by atoms with Gasteiger partial charge in [0.1, 0.15) is 0 Å². The molecule has 0 aliphatic carbocycles. The number of carbonyl (C=O) groups is 2. The molecule has 0 saturated carbocycles. The average Bonchev–Trinajstić information content (AvgIpc) is 3.26. The number of nitrogens with zero attached hydrogens (tertiary/aromatic N) is 6. The van der Waals surface area contributed by atoms with Gasteiger partial charge in [0, 0.05) is 13.1 Å². The van der Waals surface area contributed by atoms with Crippen LogP contribution in [0.1, 0.15) is 57.8 Å². The van der Waals surface area contributed by atoms with Crippen molar-refractivity contribution >= 4 is 23.5 Å². The quantitative estimate of drug-likeness (QED) is 0.196. The molecule has 0 N–H and O–H groups in total. The number of hydrogen-bond acceptors (Lipinski definition) is 7. The van der Waals surface area contributed by atoms with Crippen molar-refractivity contribution in [1.29, 1.82) is 0 Å². The van der Waals surface area contributed by atoms with Crippen LogP contribution in [-0.4, -0.2) is 45.7 Å². The minimum absolute atomic E-state index is 0.00550. The Morgan fingerprint density at radius 3 is 2.04 bits per heavy atom. The molecule has 1 aliphatic heterocycles. The van der Waals surface area contributed by atoms with E-state index in [0.717, 1.165) is 36.7 Å². The van der Waals surface area contributed by atoms with Gasteiger partial charge in [-0.3, -0.25) is 4.79 Å². The monoisotopic (exact) mass is 652 g/mol. The van der Waals surface area contributed by atoms with Crippen LogP contribution in [-0.2, 0) is 46.4 Å². The van der Waals surface area contributed by atoms with Crippen LogP contribution in [0.5, 0.6) is 0 Å². The lowest BCUT2D eigenvalue weighted by atomic mass is 9.90. The van der Waals surface area contributed by atoms with Gasteiger partial charge in [-0.25, -0.2) is 4.79 Å². The van der Waals surface area contributed by atoms with Crippen LogP contribution in [0.2, 0.25) is 0 Å². The van der Waals surface area contributed by atoms with Crippen LogP contribution in [0.25, 0.3) is 0 Å². The van der Waals surface area contributed by atoms with E-state index >= 15 is 0 Å². The number of aryl methyl sites for hydroxylation is 2. The van der Waals surface area contributed by atoms with E-state index in [-0.39, 0.29) is 48.2 Å². The Morgan fingerprint density at radius 1 is 0.956 bits per heavy atom. The summed E-state index contributed by atoms with van der Waals surface area (Å²) < 4.78 is 129. The fourth-order valence-electron chi connectivity index (χ4n) is 5.50. The van der Waals surface area contributed by atoms with Crippen LogP contribution in [0.4, 0.5) is 51.1 Å². The largest absolute Gasteiger partial charge is 0.462 e. The van der Waals surface area contributed by atoms with Crippen molar-refractivity contribution in [2.45, 2.75) is 57.8 Å². The maximum Gasteiger partial charge on any atom is 0.416 e. The highest BCUT2D eigenvalue weighted by Crippen LogP contribution is 2.46. The molecule has 9 nitrogen and oxygen atoms in total. The first-order chi connectivity index (χ1) is 20.7. The number of benzene rings is 2. The Balaban J connectivity index is 1.98. The maximum absolute atomic E-state index is 14.2. The van der Waals surface area contributed by atoms with Gasteiger partial charge in [-0.1, -0.05) is 11.2 Å². The maximum atomic E-state index is 14.2. The number of ether oxygens (including phenoxy) is 1. The Hall–Kier alpha value is -4.38. The molecule has 18 heteroatoms. The number of carbonyl (C=O) groups excluding carboxylic acids is 2. The molecule has 0 bridgehead atoms. The minimum Gasteiger partial charge on any atom is -0.462 e. The molecular weight excluding hydrogens is 627 g/mol. The molecule has 0 saturated heterocycles. The molecule has 244 valence electrons. The molecule has 2 aromatic carbocycles. The predicted molar refractivity (Wildman–Crippen MR) is 139 cm³/mol. The molecule has 2 heterocycles. The van der Waals surface area contributed by atoms with Crippen molar-refractivity contribution in [3.05, 3.63) is 63.2 Å². The lowest BCUT2D eigenvalue weighted by Crippen LogP contribution is -2.39. The fourth-order valence-corrected chi connectivity index (χ4v) is 5.50. The Labute approximate surface area is 249 Å². The number of amides is 1. The molecule has 3 aromatic rings. The Bertz CT molecular complexity index is 1580. The van der Waals surface area contributed by atoms with E-state index in [1.165, 1.54) is 11.9 Å². The normalized spacial score (nSPS) is 15.8. The van der Waals surface area contributed by atoms with E-state index in [2.05, 4.69) is 20.1 Å². The molecular formula is C27H25F9N6O3. The summed E-state index contributed by atoms with van der Waals surface area (Å²) in [5, 5.41) is 11.7. The van der Waals surface area contributed by atoms with Crippen molar-refractivity contribution in [2.24, 2.45) is 7.05 Å². The number of aromatic nitrogens is 4. The number of methoxy groups -OCH3 is 1. The highest BCUT2D eigenvalue weighted by Gasteiger charge is 2.42. The topological polar surface area (TPSA) is 93.5 Å². The lowest BCUT2D eigenvalue weighted by molar-refractivity contribution is -0.151. The van der Waals surface area contributed by atoms with Gasteiger partial charge in [0.05, 0.1) is 42.6 Å². The van der Waals surface area contributed by atoms with Crippen molar-refractivity contribution in [2.75, 3.05) is 23.5 Å². The number of tetrazole rings is 1. The summed E-state index contributed by atoms with van der Waals surface area (Å²) in [5.41, 5.74) is -5.66. The SMILES string of the molecule is COC(=O)C(=O)N1CCCC(N(Cc2cc(C(F)(F)F)cc(C(F)(F)F)c2)c2nnn(C)n2)c2cc(C)c(C(F)(F)F)c(C)c21. The lowest BCUT2D eigenvalue weighted by Gasteiger charge is -2.34. The first-order valence-electron chi connectivity index (χ1n) is 13.1. The van der Waals surface area contributed by atoms with Crippen molar-refractivity contribution in [3.63, 3.8) is 0 Å². The molecule has 45 heavy (non-hydrogen) atoms. The van der Waals surface area contributed by atoms with Gasteiger partial charge in [-0.2, -0.15) is 44.3 Å². The number of anilines is 2. The second kappa shape index (κ2) is 11.8. The van der Waals surface area contributed by atoms with Gasteiger partial charge in [-0.05, 0) is 72.4 Å². The van der Waals surface area contributed by atoms with Gasteiger partial charge in [0.25, 0.3) is 5.95 Å². The number of hydrogen-bond donors (Lipinski definition) is 0. The molecule has 1 aromatic heterocycles. The summed E-state index contributed by atoms with van der Waals surface area (Å²) in [7, 11) is 2.26. The van der Waals surface area contributed by atoms with E-state index in [1.54, 1.807) is 0 Å². The number of halogens is 9. The van der Waals surface area contributed by atoms with Gasteiger partial charge < -0.3 is 14.5 Å². The molecule has 0 fully saturated rings. The summed E-state index contributed by atoms with van der Waals surface area (Å²) in [5.74, 6) is -2.89. The summed E-state index contributed by atoms with van der Waals surface area (Å²) in [6, 6.07) is 1.02. The van der Waals surface area contributed by atoms with Gasteiger partial charge >= 0.3 is 30.4 Å². The molecule has 1 aliphatic rings. The first kappa shape index (κ1) is 33.5. The second-order valence-electron chi connectivity index (χ2n) is 10.4. The standard InChI is InChI=1S/C27H25F9N6O3/c1-13-8-18-19(6-5-7-41(22(43)23(44)45-4)21(18)14(2)20(13)27(34,35)36)42(24-37-39-40(3)38-24)12-15-9-16(25(28,29)30)11-17(10-15)26(31,32)33/h8-11,19H,5-7,12H2,1-4H3. The van der Waals surface area contributed by atoms with E-state index in [9.17, 15) is 49.1 Å². The number of alkyl halides is 9. The number of rotatable bonds is 4. The van der Waals surface area contributed by atoms with Crippen molar-refractivity contribution in [1.82, 2.24) is 20.2 Å². The highest BCUT2D eigenvalue weighted by molar-refractivity contribution is 6.38. The van der Waals surface area contributed by atoms with Crippen molar-refractivity contribution in [3.8, 4) is 0 Å². The number of esters is 1. The Kier molecular flexibility index (Phi) is 8.82. The third kappa shape index (κ3) is 6.83. The average molecular weight is 653 g/mol. The van der Waals surface area contributed by atoms with Gasteiger partial charge in [0.15, 0.2) is 0 Å². The molecule has 0 spiro atoms. The van der Waals surface area contributed by atoms with Crippen LogP contribution >= 0.6 is 0 Å². The zero-order chi connectivity index (χ0) is 33.6. The minimum atomic E-state index is -5.14. The molecule has 1 amide bonds. The predicted octanol–water partition coefficient (Wildman–Crippen LogP) is 5.93. The van der Waals surface area contributed by atoms with E-state index in [0.29, 0.717) is 12.1 Å². The summed E-state index contributed by atoms with van der Waals surface area (Å²) >= 11 is 0. The first-order valence-corrected chi connectivity index (χ1v) is 13.1. The molecule has 1 atom stereocenters. The van der Waals surface area contributed by atoms with Crippen molar-refractivity contribution < 1.29 is 53.8 Å². The zero-order valence-electron chi connectivity index (χ0n) is 24.0. The molecule has 1 unspecified atom stereocenters. The van der Waals surface area contributed by atoms with Gasteiger partial charge in [0.2, 0.25) is 0 Å². The highest BCUT2D eigenvalue weighted by atomic mass is 19.4. The molecule has 4 rings (SSSR count). The zero-order valence-corrected chi connectivity index (χ0v) is 24.0. The van der Waals surface area contributed by atoms with Crippen LogP contribution in [0.15, 0.2) is 24.3 Å². The third-order valence-electron chi connectivity index (χ3n) is 7.28. The molecule has 0 radical (unpaired) electrons. The fraction of sp³-hybridized carbons (Fsp3) is 0.444. The van der Waals surface area contributed by atoms with Crippen LogP contribution < -0.4 is 9.80 Å². The van der Waals surface area contributed by atoms with E-state index < -0.39 is 70.8 Å². The van der Waals surface area contributed by atoms with Gasteiger partial charge in [-0.15, -0.1) is 5.10 Å². The summed E-state index contributed by atoms with van der Waals surface area (Å²) in [6.07, 6.45) is -15.1.